The second-order valence-electron chi connectivity index (χ2n) is 5.97. The maximum atomic E-state index is 12.2. The highest BCUT2D eigenvalue weighted by atomic mass is 16.5. The molecule has 1 N–H and O–H groups in total. The number of methoxy groups -OCH3 is 1. The molecule has 116 valence electrons. The van der Waals surface area contributed by atoms with Crippen molar-refractivity contribution in [3.05, 3.63) is 23.8 Å². The first kappa shape index (κ1) is 15.7. The molecule has 0 aromatic heterocycles. The number of rotatable bonds is 5. The maximum absolute atomic E-state index is 12.2. The average molecular weight is 290 g/mol. The van der Waals surface area contributed by atoms with Crippen LogP contribution in [0.5, 0.6) is 5.75 Å². The van der Waals surface area contributed by atoms with E-state index in [9.17, 15) is 4.79 Å². The predicted octanol–water partition coefficient (Wildman–Crippen LogP) is 3.06. The number of nitrogens with one attached hydrogen (secondary N) is 1. The Morgan fingerprint density at radius 2 is 2.29 bits per heavy atom. The van der Waals surface area contributed by atoms with E-state index in [4.69, 9.17) is 4.74 Å². The highest BCUT2D eigenvalue weighted by molar-refractivity contribution is 5.77. The van der Waals surface area contributed by atoms with E-state index < -0.39 is 0 Å². The van der Waals surface area contributed by atoms with Gasteiger partial charge in [0.25, 0.3) is 0 Å². The first-order valence-corrected chi connectivity index (χ1v) is 7.76. The fourth-order valence-corrected chi connectivity index (χ4v) is 2.84. The summed E-state index contributed by atoms with van der Waals surface area (Å²) in [6, 6.07) is 6.02. The summed E-state index contributed by atoms with van der Waals surface area (Å²) in [5, 5.41) is 3.31. The van der Waals surface area contributed by atoms with Gasteiger partial charge in [-0.1, -0.05) is 13.0 Å². The zero-order valence-electron chi connectivity index (χ0n) is 13.3. The van der Waals surface area contributed by atoms with Crippen LogP contribution in [0.25, 0.3) is 0 Å². The summed E-state index contributed by atoms with van der Waals surface area (Å²) in [4.78, 5) is 14.2. The van der Waals surface area contributed by atoms with E-state index in [1.807, 2.05) is 30.0 Å². The van der Waals surface area contributed by atoms with Gasteiger partial charge in [-0.15, -0.1) is 0 Å². The lowest BCUT2D eigenvalue weighted by Crippen LogP contribution is -2.39. The van der Waals surface area contributed by atoms with Crippen LogP contribution >= 0.6 is 0 Å². The molecule has 21 heavy (non-hydrogen) atoms. The Morgan fingerprint density at radius 3 is 3.00 bits per heavy atom. The summed E-state index contributed by atoms with van der Waals surface area (Å²) < 4.78 is 5.33. The van der Waals surface area contributed by atoms with Crippen LogP contribution < -0.4 is 10.1 Å². The van der Waals surface area contributed by atoms with Crippen LogP contribution in [0.2, 0.25) is 0 Å². The summed E-state index contributed by atoms with van der Waals surface area (Å²) in [6.45, 7) is 6.73. The Bertz CT molecular complexity index is 488. The number of hydrogen-bond acceptors (Lipinski definition) is 3. The molecular weight excluding hydrogens is 264 g/mol. The van der Waals surface area contributed by atoms with Crippen LogP contribution in [0.1, 0.15) is 31.7 Å². The molecule has 0 aliphatic carbocycles. The number of amides is 1. The maximum Gasteiger partial charge on any atom is 0.224 e. The van der Waals surface area contributed by atoms with Crippen molar-refractivity contribution in [1.29, 1.82) is 0 Å². The summed E-state index contributed by atoms with van der Waals surface area (Å²) in [7, 11) is 1.66. The van der Waals surface area contributed by atoms with Gasteiger partial charge in [-0.05, 0) is 43.4 Å². The summed E-state index contributed by atoms with van der Waals surface area (Å²) in [6.07, 6.45) is 2.90. The first-order valence-electron chi connectivity index (χ1n) is 7.76. The Labute approximate surface area is 127 Å². The van der Waals surface area contributed by atoms with Crippen molar-refractivity contribution in [2.45, 2.75) is 33.1 Å². The topological polar surface area (TPSA) is 41.6 Å². The number of nitrogens with zero attached hydrogens (tertiary/aromatic N) is 1. The number of carbonyl (C=O) groups is 1. The minimum absolute atomic E-state index is 0.251. The number of piperidine rings is 1. The van der Waals surface area contributed by atoms with Crippen molar-refractivity contribution in [1.82, 2.24) is 4.90 Å². The number of hydrogen-bond donors (Lipinski definition) is 1. The highest BCUT2D eigenvalue weighted by Crippen LogP contribution is 2.25. The lowest BCUT2D eigenvalue weighted by atomic mass is 10.00. The van der Waals surface area contributed by atoms with Crippen molar-refractivity contribution < 1.29 is 9.53 Å². The molecule has 4 nitrogen and oxygen atoms in total. The van der Waals surface area contributed by atoms with Crippen molar-refractivity contribution in [2.75, 3.05) is 32.1 Å². The van der Waals surface area contributed by atoms with E-state index in [0.717, 1.165) is 30.9 Å². The van der Waals surface area contributed by atoms with Crippen molar-refractivity contribution in [3.63, 3.8) is 0 Å². The normalized spacial score (nSPS) is 18.4. The third-order valence-electron chi connectivity index (χ3n) is 4.02. The third kappa shape index (κ3) is 4.38. The second kappa shape index (κ2) is 7.34. The van der Waals surface area contributed by atoms with Crippen molar-refractivity contribution in [2.24, 2.45) is 5.92 Å². The average Bonchev–Trinajstić information content (AvgIpc) is 2.47. The fraction of sp³-hybridized carbons (Fsp3) is 0.588. The van der Waals surface area contributed by atoms with Gasteiger partial charge in [0, 0.05) is 26.1 Å². The number of carbonyl (C=O) groups excluding carboxylic acids is 1. The molecule has 0 saturated carbocycles. The molecule has 0 spiro atoms. The molecule has 0 radical (unpaired) electrons. The van der Waals surface area contributed by atoms with Crippen LogP contribution in [0.3, 0.4) is 0 Å². The molecular formula is C17H26N2O2. The van der Waals surface area contributed by atoms with Gasteiger partial charge in [0.2, 0.25) is 5.91 Å². The molecule has 1 aliphatic rings. The third-order valence-corrected chi connectivity index (χ3v) is 4.02. The van der Waals surface area contributed by atoms with Gasteiger partial charge in [0.05, 0.1) is 12.8 Å². The Kier molecular flexibility index (Phi) is 5.48. The number of benzene rings is 1. The number of ether oxygens (including phenoxy) is 1. The molecule has 1 saturated heterocycles. The van der Waals surface area contributed by atoms with Gasteiger partial charge in [-0.3, -0.25) is 4.79 Å². The van der Waals surface area contributed by atoms with Gasteiger partial charge in [0.1, 0.15) is 5.75 Å². The molecule has 1 fully saturated rings. The molecule has 0 bridgehead atoms. The number of aryl methyl sites for hydroxylation is 1. The van der Waals surface area contributed by atoms with Gasteiger partial charge in [-0.25, -0.2) is 0 Å². The monoisotopic (exact) mass is 290 g/mol. The van der Waals surface area contributed by atoms with Gasteiger partial charge in [0.15, 0.2) is 0 Å². The molecule has 1 aromatic rings. The zero-order chi connectivity index (χ0) is 15.2. The molecule has 2 rings (SSSR count). The van der Waals surface area contributed by atoms with Crippen molar-refractivity contribution in [3.8, 4) is 5.75 Å². The van der Waals surface area contributed by atoms with Gasteiger partial charge < -0.3 is 15.0 Å². The number of anilines is 1. The van der Waals surface area contributed by atoms with Crippen LogP contribution in [-0.4, -0.2) is 37.6 Å². The fourth-order valence-electron chi connectivity index (χ4n) is 2.84. The van der Waals surface area contributed by atoms with Crippen molar-refractivity contribution >= 4 is 11.6 Å². The number of likely N-dealkylation sites (tertiary alicyclic amines) is 1. The Morgan fingerprint density at radius 1 is 1.48 bits per heavy atom. The van der Waals surface area contributed by atoms with Crippen LogP contribution in [0.15, 0.2) is 18.2 Å². The minimum Gasteiger partial charge on any atom is -0.495 e. The van der Waals surface area contributed by atoms with Crippen LogP contribution in [0, 0.1) is 12.8 Å². The molecule has 1 atom stereocenters. The Balaban J connectivity index is 1.83. The SMILES string of the molecule is COc1ccc(C)cc1NCCC(=O)N1CCCC(C)C1. The van der Waals surface area contributed by atoms with E-state index in [0.29, 0.717) is 18.9 Å². The summed E-state index contributed by atoms with van der Waals surface area (Å²) in [5.41, 5.74) is 2.13. The summed E-state index contributed by atoms with van der Waals surface area (Å²) in [5.74, 6) is 1.70. The van der Waals surface area contributed by atoms with Crippen LogP contribution in [0.4, 0.5) is 5.69 Å². The van der Waals surface area contributed by atoms with E-state index in [1.165, 1.54) is 12.0 Å². The molecule has 1 amide bonds. The Hall–Kier alpha value is -1.71. The van der Waals surface area contributed by atoms with E-state index >= 15 is 0 Å². The standard InChI is InChI=1S/C17H26N2O2/c1-13-6-7-16(21-3)15(11-13)18-9-8-17(20)19-10-4-5-14(2)12-19/h6-7,11,14,18H,4-5,8-10,12H2,1-3H3. The molecule has 1 aliphatic heterocycles. The first-order chi connectivity index (χ1) is 10.1. The second-order valence-corrected chi connectivity index (χ2v) is 5.97. The molecule has 4 heteroatoms. The van der Waals surface area contributed by atoms with Gasteiger partial charge in [-0.2, -0.15) is 0 Å². The lowest BCUT2D eigenvalue weighted by molar-refractivity contribution is -0.132. The predicted molar refractivity (Wildman–Crippen MR) is 85.8 cm³/mol. The molecule has 1 heterocycles. The molecule has 1 aromatic carbocycles. The van der Waals surface area contributed by atoms with E-state index in [1.54, 1.807) is 7.11 Å². The highest BCUT2D eigenvalue weighted by Gasteiger charge is 2.20. The summed E-state index contributed by atoms with van der Waals surface area (Å²) >= 11 is 0. The zero-order valence-corrected chi connectivity index (χ0v) is 13.3. The quantitative estimate of drug-likeness (QED) is 0.906. The largest absolute Gasteiger partial charge is 0.495 e. The lowest BCUT2D eigenvalue weighted by Gasteiger charge is -2.31. The molecule has 1 unspecified atom stereocenters. The minimum atomic E-state index is 0.251. The van der Waals surface area contributed by atoms with Gasteiger partial charge >= 0.3 is 0 Å². The van der Waals surface area contributed by atoms with E-state index in [-0.39, 0.29) is 5.91 Å². The van der Waals surface area contributed by atoms with Crippen LogP contribution in [-0.2, 0) is 4.79 Å². The smallest absolute Gasteiger partial charge is 0.224 e. The van der Waals surface area contributed by atoms with E-state index in [2.05, 4.69) is 12.2 Å².